The largest absolute Gasteiger partial charge is 0.486 e. The van der Waals surface area contributed by atoms with E-state index in [0.29, 0.717) is 17.6 Å². The Hall–Kier alpha value is -1.59. The summed E-state index contributed by atoms with van der Waals surface area (Å²) in [7, 11) is 0. The number of carbonyl (C=O) groups is 1. The number of aliphatic hydroxyl groups is 1. The molecule has 152 valence electrons. The van der Waals surface area contributed by atoms with E-state index in [4.69, 9.17) is 16.3 Å². The second-order valence-corrected chi connectivity index (χ2v) is 7.63. The summed E-state index contributed by atoms with van der Waals surface area (Å²) in [5.74, 6) is 0.753. The van der Waals surface area contributed by atoms with Crippen LogP contribution < -0.4 is 10.1 Å². The zero-order valence-electron chi connectivity index (χ0n) is 16.0. The molecule has 2 aromatic rings. The highest BCUT2D eigenvalue weighted by Gasteiger charge is 2.18. The molecule has 4 nitrogen and oxygen atoms in total. The van der Waals surface area contributed by atoms with Gasteiger partial charge in [-0.1, -0.05) is 29.8 Å². The maximum Gasteiger partial charge on any atom is 0.167 e. The molecule has 0 bridgehead atoms. The van der Waals surface area contributed by atoms with E-state index >= 15 is 0 Å². The van der Waals surface area contributed by atoms with Gasteiger partial charge < -0.3 is 15.2 Å². The molecule has 0 aromatic heterocycles. The molecular formula is C22H27Cl2NO3. The molecule has 0 radical (unpaired) electrons. The number of nitrogens with one attached hydrogen (secondary N) is 1. The van der Waals surface area contributed by atoms with E-state index in [1.54, 1.807) is 12.1 Å². The molecule has 1 aliphatic carbocycles. The monoisotopic (exact) mass is 423 g/mol. The fraction of sp³-hybridized carbons (Fsp3) is 0.409. The molecule has 0 saturated heterocycles. The Kier molecular flexibility index (Phi) is 8.77. The Morgan fingerprint density at radius 1 is 1.29 bits per heavy atom. The average molecular weight is 424 g/mol. The number of ether oxygens (including phenoxy) is 1. The molecule has 0 saturated carbocycles. The number of rotatable bonds is 7. The lowest BCUT2D eigenvalue weighted by Crippen LogP contribution is -2.34. The van der Waals surface area contributed by atoms with Crippen LogP contribution in [0.4, 0.5) is 0 Å². The minimum absolute atomic E-state index is 0. The zero-order chi connectivity index (χ0) is 19.2. The van der Waals surface area contributed by atoms with Gasteiger partial charge >= 0.3 is 0 Å². The van der Waals surface area contributed by atoms with E-state index in [0.717, 1.165) is 37.0 Å². The molecule has 0 amide bonds. The number of hydrogen-bond donors (Lipinski definition) is 2. The van der Waals surface area contributed by atoms with Crippen LogP contribution >= 0.6 is 24.0 Å². The first-order chi connectivity index (χ1) is 13.0. The zero-order valence-corrected chi connectivity index (χ0v) is 17.6. The number of aryl methyl sites for hydroxylation is 1. The van der Waals surface area contributed by atoms with Crippen LogP contribution in [0.5, 0.6) is 5.75 Å². The fourth-order valence-electron chi connectivity index (χ4n) is 3.50. The lowest BCUT2D eigenvalue weighted by Gasteiger charge is -2.20. The maximum atomic E-state index is 11.1. The standard InChI is InChI=1S/C22H26ClNO3.ClH/c1-15(25)14-27-21-9-8-16-4-3-7-20(11-18(16)12-21)24-13-22(26)17-5-2-6-19(23)10-17;/h2,5-6,8-10,12,20,22,24,26H,3-4,7,11,13-14H2,1H3;1H/t20-,22-;/m0./s1. The van der Waals surface area contributed by atoms with Crippen molar-refractivity contribution in [2.24, 2.45) is 0 Å². The first-order valence-electron chi connectivity index (χ1n) is 9.42. The highest BCUT2D eigenvalue weighted by atomic mass is 35.5. The molecule has 28 heavy (non-hydrogen) atoms. The first kappa shape index (κ1) is 22.7. The third-order valence-electron chi connectivity index (χ3n) is 4.92. The summed E-state index contributed by atoms with van der Waals surface area (Å²) in [5.41, 5.74) is 3.41. The van der Waals surface area contributed by atoms with Gasteiger partial charge in [0.15, 0.2) is 5.78 Å². The van der Waals surface area contributed by atoms with Crippen LogP contribution in [0.15, 0.2) is 42.5 Å². The molecule has 6 heteroatoms. The van der Waals surface area contributed by atoms with E-state index in [1.165, 1.54) is 18.1 Å². The molecule has 0 aliphatic heterocycles. The lowest BCUT2D eigenvalue weighted by atomic mass is 10.0. The van der Waals surface area contributed by atoms with Crippen LogP contribution in [0, 0.1) is 0 Å². The fourth-order valence-corrected chi connectivity index (χ4v) is 3.70. The maximum absolute atomic E-state index is 11.1. The van der Waals surface area contributed by atoms with Crippen LogP contribution in [0.3, 0.4) is 0 Å². The van der Waals surface area contributed by atoms with Gasteiger partial charge in [0.05, 0.1) is 6.10 Å². The van der Waals surface area contributed by atoms with Gasteiger partial charge in [0, 0.05) is 17.6 Å². The molecular weight excluding hydrogens is 397 g/mol. The summed E-state index contributed by atoms with van der Waals surface area (Å²) in [5, 5.41) is 14.6. The number of carbonyl (C=O) groups excluding carboxylic acids is 1. The van der Waals surface area contributed by atoms with E-state index in [-0.39, 0.29) is 24.8 Å². The second kappa shape index (κ2) is 10.8. The SMILES string of the molecule is CC(=O)COc1ccc2c(c1)C[C@@H](NC[C@H](O)c1cccc(Cl)c1)CCC2.Cl. The smallest absolute Gasteiger partial charge is 0.167 e. The van der Waals surface area contributed by atoms with Crippen LogP contribution in [-0.2, 0) is 17.6 Å². The van der Waals surface area contributed by atoms with Gasteiger partial charge in [-0.2, -0.15) is 0 Å². The van der Waals surface area contributed by atoms with Crippen molar-refractivity contribution < 1.29 is 14.6 Å². The summed E-state index contributed by atoms with van der Waals surface area (Å²) < 4.78 is 5.55. The van der Waals surface area contributed by atoms with Gasteiger partial charge in [0.1, 0.15) is 12.4 Å². The van der Waals surface area contributed by atoms with E-state index in [2.05, 4.69) is 11.4 Å². The Morgan fingerprint density at radius 2 is 2.11 bits per heavy atom. The summed E-state index contributed by atoms with van der Waals surface area (Å²) in [4.78, 5) is 11.1. The van der Waals surface area contributed by atoms with Crippen LogP contribution in [0.1, 0.15) is 42.6 Å². The molecule has 0 unspecified atom stereocenters. The normalized spacial score (nSPS) is 17.0. The highest BCUT2D eigenvalue weighted by Crippen LogP contribution is 2.26. The molecule has 1 aliphatic rings. The van der Waals surface area contributed by atoms with Crippen LogP contribution in [0.25, 0.3) is 0 Å². The Balaban J connectivity index is 0.00000280. The molecule has 2 atom stereocenters. The van der Waals surface area contributed by atoms with Crippen molar-refractivity contribution in [3.63, 3.8) is 0 Å². The minimum Gasteiger partial charge on any atom is -0.486 e. The molecule has 0 fully saturated rings. The van der Waals surface area contributed by atoms with Crippen molar-refractivity contribution in [2.45, 2.75) is 44.8 Å². The van der Waals surface area contributed by atoms with Crippen molar-refractivity contribution in [3.8, 4) is 5.75 Å². The predicted octanol–water partition coefficient (Wildman–Crippen LogP) is 4.30. The summed E-state index contributed by atoms with van der Waals surface area (Å²) in [6.07, 6.45) is 3.50. The molecule has 3 rings (SSSR count). The quantitative estimate of drug-likeness (QED) is 0.651. The van der Waals surface area contributed by atoms with Crippen LogP contribution in [-0.4, -0.2) is 30.1 Å². The number of Topliss-reactive ketones (excluding diaryl/α,β-unsaturated/α-hetero) is 1. The number of benzene rings is 2. The number of halogens is 2. The third kappa shape index (κ3) is 6.49. The van der Waals surface area contributed by atoms with Gasteiger partial charge in [-0.25, -0.2) is 0 Å². The van der Waals surface area contributed by atoms with Crippen molar-refractivity contribution in [1.29, 1.82) is 0 Å². The lowest BCUT2D eigenvalue weighted by molar-refractivity contribution is -0.118. The van der Waals surface area contributed by atoms with Gasteiger partial charge in [0.25, 0.3) is 0 Å². The highest BCUT2D eigenvalue weighted by molar-refractivity contribution is 6.30. The predicted molar refractivity (Wildman–Crippen MR) is 115 cm³/mol. The van der Waals surface area contributed by atoms with Crippen molar-refractivity contribution in [3.05, 3.63) is 64.2 Å². The average Bonchev–Trinajstić information content (AvgIpc) is 2.85. The van der Waals surface area contributed by atoms with E-state index < -0.39 is 6.10 Å². The number of ketones is 1. The van der Waals surface area contributed by atoms with Gasteiger partial charge in [0.2, 0.25) is 0 Å². The van der Waals surface area contributed by atoms with Crippen LogP contribution in [0.2, 0.25) is 5.02 Å². The number of hydrogen-bond acceptors (Lipinski definition) is 4. The summed E-state index contributed by atoms with van der Waals surface area (Å²) in [6.45, 7) is 2.11. The Labute approximate surface area is 177 Å². The summed E-state index contributed by atoms with van der Waals surface area (Å²) >= 11 is 6.01. The molecule has 2 N–H and O–H groups in total. The van der Waals surface area contributed by atoms with Gasteiger partial charge in [-0.05, 0) is 73.6 Å². The summed E-state index contributed by atoms with van der Waals surface area (Å²) in [6, 6.07) is 13.7. The number of aliphatic hydroxyl groups excluding tert-OH is 1. The van der Waals surface area contributed by atoms with E-state index in [1.807, 2.05) is 24.3 Å². The van der Waals surface area contributed by atoms with E-state index in [9.17, 15) is 9.90 Å². The molecule has 2 aromatic carbocycles. The Morgan fingerprint density at radius 3 is 2.86 bits per heavy atom. The topological polar surface area (TPSA) is 58.6 Å². The molecule has 0 spiro atoms. The van der Waals surface area contributed by atoms with Gasteiger partial charge in [-0.3, -0.25) is 4.79 Å². The van der Waals surface area contributed by atoms with Crippen molar-refractivity contribution in [1.82, 2.24) is 5.32 Å². The minimum atomic E-state index is -0.586. The van der Waals surface area contributed by atoms with Crippen molar-refractivity contribution in [2.75, 3.05) is 13.2 Å². The first-order valence-corrected chi connectivity index (χ1v) is 9.80. The second-order valence-electron chi connectivity index (χ2n) is 7.19. The van der Waals surface area contributed by atoms with Crippen molar-refractivity contribution >= 4 is 29.8 Å². The number of fused-ring (bicyclic) bond motifs is 1. The Bertz CT molecular complexity index is 797. The third-order valence-corrected chi connectivity index (χ3v) is 5.15. The van der Waals surface area contributed by atoms with Gasteiger partial charge in [-0.15, -0.1) is 12.4 Å². The molecule has 0 heterocycles.